The Kier molecular flexibility index (Phi) is 3.59. The van der Waals surface area contributed by atoms with Gasteiger partial charge in [0.1, 0.15) is 6.04 Å². The van der Waals surface area contributed by atoms with E-state index in [0.29, 0.717) is 12.0 Å². The van der Waals surface area contributed by atoms with Crippen molar-refractivity contribution < 1.29 is 14.6 Å². The first-order valence-corrected chi connectivity index (χ1v) is 5.85. The van der Waals surface area contributed by atoms with Crippen LogP contribution >= 0.6 is 0 Å². The van der Waals surface area contributed by atoms with Crippen molar-refractivity contribution in [2.75, 3.05) is 13.2 Å². The average Bonchev–Trinajstić information content (AvgIpc) is 2.89. The van der Waals surface area contributed by atoms with Crippen LogP contribution in [0.5, 0.6) is 0 Å². The summed E-state index contributed by atoms with van der Waals surface area (Å²) < 4.78 is 5.48. The van der Waals surface area contributed by atoms with Gasteiger partial charge in [-0.25, -0.2) is 0 Å². The number of ether oxygens (including phenoxy) is 1. The molecule has 1 saturated heterocycles. The molecule has 0 spiro atoms. The maximum Gasteiger partial charge on any atom is 0.320 e. The highest BCUT2D eigenvalue weighted by Crippen LogP contribution is 2.32. The quantitative estimate of drug-likeness (QED) is 0.691. The van der Waals surface area contributed by atoms with Crippen molar-refractivity contribution in [1.82, 2.24) is 5.32 Å². The van der Waals surface area contributed by atoms with Gasteiger partial charge in [-0.15, -0.1) is 0 Å². The maximum atomic E-state index is 10.9. The van der Waals surface area contributed by atoms with Crippen LogP contribution in [0.4, 0.5) is 0 Å². The van der Waals surface area contributed by atoms with Gasteiger partial charge in [0.05, 0.1) is 6.10 Å². The normalized spacial score (nSPS) is 27.9. The highest BCUT2D eigenvalue weighted by atomic mass is 16.5. The number of carboxylic acids is 1. The summed E-state index contributed by atoms with van der Waals surface area (Å²) in [5, 5.41) is 12.1. The molecule has 0 aromatic rings. The second-order valence-electron chi connectivity index (χ2n) is 4.53. The zero-order valence-electron chi connectivity index (χ0n) is 8.95. The van der Waals surface area contributed by atoms with Crippen molar-refractivity contribution >= 4 is 5.97 Å². The summed E-state index contributed by atoms with van der Waals surface area (Å²) in [6, 6.07) is -0.327. The predicted octanol–water partition coefficient (Wildman–Crippen LogP) is 1.01. The molecule has 2 atom stereocenters. The summed E-state index contributed by atoms with van der Waals surface area (Å²) in [5.74, 6) is -0.336. The van der Waals surface area contributed by atoms with Crippen LogP contribution in [0.3, 0.4) is 0 Å². The highest BCUT2D eigenvalue weighted by molar-refractivity contribution is 5.74. The van der Waals surface area contributed by atoms with E-state index in [1.807, 2.05) is 0 Å². The van der Waals surface area contributed by atoms with Gasteiger partial charge in [0.15, 0.2) is 0 Å². The molecular formula is C11H19NO3. The van der Waals surface area contributed by atoms with E-state index in [0.717, 1.165) is 45.3 Å². The van der Waals surface area contributed by atoms with E-state index in [-0.39, 0.29) is 6.04 Å². The zero-order chi connectivity index (χ0) is 10.7. The van der Waals surface area contributed by atoms with Crippen LogP contribution < -0.4 is 5.32 Å². The molecule has 0 radical (unpaired) electrons. The highest BCUT2D eigenvalue weighted by Gasteiger charge is 2.35. The average molecular weight is 213 g/mol. The second kappa shape index (κ2) is 4.94. The smallest absolute Gasteiger partial charge is 0.320 e. The van der Waals surface area contributed by atoms with Crippen LogP contribution in [0, 0.1) is 5.92 Å². The van der Waals surface area contributed by atoms with Crippen LogP contribution in [0.1, 0.15) is 32.1 Å². The third-order valence-electron chi connectivity index (χ3n) is 3.21. The Bertz CT molecular complexity index is 222. The monoisotopic (exact) mass is 213 g/mol. The predicted molar refractivity (Wildman–Crippen MR) is 55.7 cm³/mol. The van der Waals surface area contributed by atoms with Crippen molar-refractivity contribution in [2.24, 2.45) is 5.92 Å². The largest absolute Gasteiger partial charge is 0.480 e. The van der Waals surface area contributed by atoms with E-state index in [1.54, 1.807) is 0 Å². The van der Waals surface area contributed by atoms with E-state index in [2.05, 4.69) is 5.32 Å². The minimum atomic E-state index is -0.704. The van der Waals surface area contributed by atoms with Gasteiger partial charge in [0.2, 0.25) is 0 Å². The molecule has 1 saturated carbocycles. The molecule has 4 heteroatoms. The van der Waals surface area contributed by atoms with Gasteiger partial charge in [-0.05, 0) is 44.6 Å². The molecule has 0 bridgehead atoms. The van der Waals surface area contributed by atoms with Crippen LogP contribution in [-0.4, -0.2) is 36.4 Å². The fraction of sp³-hybridized carbons (Fsp3) is 0.909. The molecule has 0 aromatic carbocycles. The minimum absolute atomic E-state index is 0.327. The van der Waals surface area contributed by atoms with Gasteiger partial charge < -0.3 is 15.2 Å². The van der Waals surface area contributed by atoms with E-state index < -0.39 is 5.97 Å². The molecule has 2 aliphatic rings. The number of carbonyl (C=O) groups is 1. The molecule has 0 aromatic heterocycles. The first-order chi connectivity index (χ1) is 7.27. The Morgan fingerprint density at radius 2 is 2.27 bits per heavy atom. The second-order valence-corrected chi connectivity index (χ2v) is 4.53. The van der Waals surface area contributed by atoms with Gasteiger partial charge in [-0.2, -0.15) is 0 Å². The Morgan fingerprint density at radius 1 is 1.47 bits per heavy atom. The SMILES string of the molecule is O=C(O)C(NCCC1CCCO1)C1CC1. The van der Waals surface area contributed by atoms with Crippen LogP contribution in [0.2, 0.25) is 0 Å². The Hall–Kier alpha value is -0.610. The lowest BCUT2D eigenvalue weighted by Gasteiger charge is -2.15. The summed E-state index contributed by atoms with van der Waals surface area (Å²) in [4.78, 5) is 10.9. The van der Waals surface area contributed by atoms with Gasteiger partial charge in [0.25, 0.3) is 0 Å². The molecule has 2 fully saturated rings. The number of carboxylic acid groups (broad SMARTS) is 1. The topological polar surface area (TPSA) is 58.6 Å². The first-order valence-electron chi connectivity index (χ1n) is 5.85. The third kappa shape index (κ3) is 3.18. The Labute approximate surface area is 90.0 Å². The lowest BCUT2D eigenvalue weighted by atomic mass is 10.1. The molecule has 0 amide bonds. The molecular weight excluding hydrogens is 194 g/mol. The zero-order valence-corrected chi connectivity index (χ0v) is 8.95. The number of hydrogen-bond donors (Lipinski definition) is 2. The van der Waals surface area contributed by atoms with Gasteiger partial charge in [-0.1, -0.05) is 0 Å². The van der Waals surface area contributed by atoms with Crippen LogP contribution in [-0.2, 0) is 9.53 Å². The molecule has 2 N–H and O–H groups in total. The number of nitrogens with one attached hydrogen (secondary N) is 1. The van der Waals surface area contributed by atoms with Crippen molar-refractivity contribution in [3.63, 3.8) is 0 Å². The van der Waals surface area contributed by atoms with Crippen molar-refractivity contribution in [1.29, 1.82) is 0 Å². The van der Waals surface area contributed by atoms with Crippen LogP contribution in [0.15, 0.2) is 0 Å². The summed E-state index contributed by atoms with van der Waals surface area (Å²) >= 11 is 0. The molecule has 1 aliphatic carbocycles. The third-order valence-corrected chi connectivity index (χ3v) is 3.21. The van der Waals surface area contributed by atoms with E-state index in [9.17, 15) is 4.79 Å². The van der Waals surface area contributed by atoms with Gasteiger partial charge in [0, 0.05) is 6.61 Å². The minimum Gasteiger partial charge on any atom is -0.480 e. The fourth-order valence-corrected chi connectivity index (χ4v) is 2.16. The number of aliphatic carboxylic acids is 1. The fourth-order valence-electron chi connectivity index (χ4n) is 2.16. The molecule has 2 rings (SSSR count). The molecule has 2 unspecified atom stereocenters. The lowest BCUT2D eigenvalue weighted by molar-refractivity contribution is -0.140. The van der Waals surface area contributed by atoms with Crippen molar-refractivity contribution in [3.8, 4) is 0 Å². The molecule has 1 aliphatic heterocycles. The Balaban J connectivity index is 1.64. The summed E-state index contributed by atoms with van der Waals surface area (Å²) in [7, 11) is 0. The summed E-state index contributed by atoms with van der Waals surface area (Å²) in [5.41, 5.74) is 0. The van der Waals surface area contributed by atoms with E-state index >= 15 is 0 Å². The number of rotatable bonds is 6. The van der Waals surface area contributed by atoms with E-state index in [4.69, 9.17) is 9.84 Å². The summed E-state index contributed by atoms with van der Waals surface area (Å²) in [6.45, 7) is 1.63. The van der Waals surface area contributed by atoms with Crippen molar-refractivity contribution in [3.05, 3.63) is 0 Å². The molecule has 4 nitrogen and oxygen atoms in total. The molecule has 86 valence electrons. The molecule has 15 heavy (non-hydrogen) atoms. The van der Waals surface area contributed by atoms with E-state index in [1.165, 1.54) is 0 Å². The summed E-state index contributed by atoms with van der Waals surface area (Å²) in [6.07, 6.45) is 5.69. The van der Waals surface area contributed by atoms with Gasteiger partial charge in [-0.3, -0.25) is 4.79 Å². The van der Waals surface area contributed by atoms with Crippen molar-refractivity contribution in [2.45, 2.75) is 44.2 Å². The number of hydrogen-bond acceptors (Lipinski definition) is 3. The standard InChI is InChI=1S/C11H19NO3/c13-11(14)10(8-3-4-8)12-6-5-9-2-1-7-15-9/h8-10,12H,1-7H2,(H,13,14). The first kappa shape index (κ1) is 10.9. The Morgan fingerprint density at radius 3 is 2.80 bits per heavy atom. The van der Waals surface area contributed by atoms with Gasteiger partial charge >= 0.3 is 5.97 Å². The molecule has 1 heterocycles. The van der Waals surface area contributed by atoms with Crippen LogP contribution in [0.25, 0.3) is 0 Å². The lowest BCUT2D eigenvalue weighted by Crippen LogP contribution is -2.39. The maximum absolute atomic E-state index is 10.9.